The van der Waals surface area contributed by atoms with Crippen LogP contribution < -0.4 is 0 Å². The van der Waals surface area contributed by atoms with Gasteiger partial charge in [0, 0.05) is 38.7 Å². The molecular formula is C18H19N5O. The second-order valence-electron chi connectivity index (χ2n) is 5.98. The summed E-state index contributed by atoms with van der Waals surface area (Å²) in [5, 5.41) is 4.14. The molecule has 0 fully saturated rings. The number of aromatic nitrogens is 4. The molecule has 4 rings (SSSR count). The highest BCUT2D eigenvalue weighted by Crippen LogP contribution is 2.31. The molecule has 24 heavy (non-hydrogen) atoms. The first-order chi connectivity index (χ1) is 11.8. The van der Waals surface area contributed by atoms with E-state index in [2.05, 4.69) is 26.8 Å². The number of benzene rings is 1. The topological polar surface area (TPSA) is 56.0 Å². The zero-order chi connectivity index (χ0) is 16.5. The Morgan fingerprint density at radius 2 is 1.96 bits per heavy atom. The molecule has 0 aliphatic carbocycles. The van der Waals surface area contributed by atoms with Crippen molar-refractivity contribution in [1.29, 1.82) is 0 Å². The zero-order valence-electron chi connectivity index (χ0n) is 13.5. The van der Waals surface area contributed by atoms with Crippen LogP contribution in [0.15, 0.2) is 55.0 Å². The van der Waals surface area contributed by atoms with E-state index in [1.165, 1.54) is 0 Å². The number of imidazole rings is 1. The van der Waals surface area contributed by atoms with Crippen molar-refractivity contribution in [2.24, 2.45) is 7.05 Å². The van der Waals surface area contributed by atoms with Crippen molar-refractivity contribution in [1.82, 2.24) is 24.2 Å². The first kappa shape index (κ1) is 14.7. The molecule has 1 aromatic carbocycles. The van der Waals surface area contributed by atoms with Gasteiger partial charge in [0.05, 0.1) is 0 Å². The van der Waals surface area contributed by atoms with Gasteiger partial charge in [-0.2, -0.15) is 5.10 Å². The van der Waals surface area contributed by atoms with Gasteiger partial charge in [0.15, 0.2) is 0 Å². The summed E-state index contributed by atoms with van der Waals surface area (Å²) in [7, 11) is 1.80. The van der Waals surface area contributed by atoms with Gasteiger partial charge in [0.25, 0.3) is 5.91 Å². The Kier molecular flexibility index (Phi) is 3.65. The maximum Gasteiger partial charge on any atom is 0.273 e. The van der Waals surface area contributed by atoms with Crippen molar-refractivity contribution in [3.05, 3.63) is 72.1 Å². The van der Waals surface area contributed by atoms with Crippen LogP contribution in [0.4, 0.5) is 0 Å². The molecular weight excluding hydrogens is 302 g/mol. The fourth-order valence-corrected chi connectivity index (χ4v) is 3.35. The fraction of sp³-hybridized carbons (Fsp3) is 0.278. The standard InChI is InChI=1S/C18H19N5O/c1-21-15(8-9-20-21)18(24)23-12-5-11-22-13-10-19-17(22)16(23)14-6-3-2-4-7-14/h2-4,6-10,13,16H,5,11-12H2,1H3. The molecule has 2 aromatic heterocycles. The second kappa shape index (κ2) is 5.96. The van der Waals surface area contributed by atoms with Crippen LogP contribution in [0.25, 0.3) is 0 Å². The lowest BCUT2D eigenvalue weighted by Gasteiger charge is -2.29. The molecule has 1 aliphatic rings. The molecule has 0 bridgehead atoms. The summed E-state index contributed by atoms with van der Waals surface area (Å²) in [5.74, 6) is 0.898. The molecule has 1 amide bonds. The summed E-state index contributed by atoms with van der Waals surface area (Å²) in [6, 6.07) is 11.7. The quantitative estimate of drug-likeness (QED) is 0.727. The monoisotopic (exact) mass is 321 g/mol. The normalized spacial score (nSPS) is 17.4. The minimum absolute atomic E-state index is 0.0136. The van der Waals surface area contributed by atoms with Crippen molar-refractivity contribution < 1.29 is 4.79 Å². The summed E-state index contributed by atoms with van der Waals surface area (Å²) in [6.07, 6.45) is 6.35. The predicted molar refractivity (Wildman–Crippen MR) is 89.4 cm³/mol. The first-order valence-electron chi connectivity index (χ1n) is 8.10. The number of nitrogens with zero attached hydrogens (tertiary/aromatic N) is 5. The van der Waals surface area contributed by atoms with Crippen molar-refractivity contribution in [2.75, 3.05) is 6.54 Å². The van der Waals surface area contributed by atoms with Gasteiger partial charge in [0.2, 0.25) is 0 Å². The SMILES string of the molecule is Cn1nccc1C(=O)N1CCCn2ccnc2C1c1ccccc1. The number of aryl methyl sites for hydroxylation is 2. The Hall–Kier alpha value is -2.89. The van der Waals surface area contributed by atoms with Crippen LogP contribution in [0, 0.1) is 0 Å². The minimum Gasteiger partial charge on any atom is -0.333 e. The molecule has 0 saturated heterocycles. The Bertz CT molecular complexity index is 851. The summed E-state index contributed by atoms with van der Waals surface area (Å²) < 4.78 is 3.77. The van der Waals surface area contributed by atoms with Crippen molar-refractivity contribution in [3.63, 3.8) is 0 Å². The van der Waals surface area contributed by atoms with Crippen molar-refractivity contribution in [2.45, 2.75) is 19.0 Å². The van der Waals surface area contributed by atoms with E-state index in [1.807, 2.05) is 35.5 Å². The minimum atomic E-state index is -0.189. The van der Waals surface area contributed by atoms with Gasteiger partial charge < -0.3 is 9.47 Å². The van der Waals surface area contributed by atoms with Gasteiger partial charge >= 0.3 is 0 Å². The van der Waals surface area contributed by atoms with Gasteiger partial charge in [-0.25, -0.2) is 4.98 Å². The van der Waals surface area contributed by atoms with E-state index in [1.54, 1.807) is 24.0 Å². The van der Waals surface area contributed by atoms with Crippen LogP contribution in [0.1, 0.15) is 34.3 Å². The number of hydrogen-bond acceptors (Lipinski definition) is 3. The molecule has 122 valence electrons. The number of carbonyl (C=O) groups is 1. The van der Waals surface area contributed by atoms with Crippen LogP contribution in [-0.4, -0.2) is 36.7 Å². The molecule has 1 atom stereocenters. The highest BCUT2D eigenvalue weighted by atomic mass is 16.2. The maximum absolute atomic E-state index is 13.2. The number of carbonyl (C=O) groups excluding carboxylic acids is 1. The van der Waals surface area contributed by atoms with Crippen LogP contribution in [0.5, 0.6) is 0 Å². The van der Waals surface area contributed by atoms with E-state index in [-0.39, 0.29) is 11.9 Å². The Labute approximate surface area is 140 Å². The van der Waals surface area contributed by atoms with E-state index >= 15 is 0 Å². The highest BCUT2D eigenvalue weighted by Gasteiger charge is 2.33. The van der Waals surface area contributed by atoms with Crippen molar-refractivity contribution in [3.8, 4) is 0 Å². The van der Waals surface area contributed by atoms with Crippen molar-refractivity contribution >= 4 is 5.91 Å². The predicted octanol–water partition coefficient (Wildman–Crippen LogP) is 2.25. The molecule has 3 heterocycles. The zero-order valence-corrected chi connectivity index (χ0v) is 13.5. The third kappa shape index (κ3) is 2.40. The maximum atomic E-state index is 13.2. The third-order valence-electron chi connectivity index (χ3n) is 4.52. The number of amides is 1. The van der Waals surface area contributed by atoms with Gasteiger partial charge in [-0.3, -0.25) is 9.48 Å². The summed E-state index contributed by atoms with van der Waals surface area (Å²) >= 11 is 0. The number of fused-ring (bicyclic) bond motifs is 1. The van der Waals surface area contributed by atoms with Gasteiger partial charge in [-0.1, -0.05) is 30.3 Å². The smallest absolute Gasteiger partial charge is 0.273 e. The van der Waals surface area contributed by atoms with E-state index in [0.717, 1.165) is 24.4 Å². The van der Waals surface area contributed by atoms with Crippen LogP contribution in [0.2, 0.25) is 0 Å². The highest BCUT2D eigenvalue weighted by molar-refractivity contribution is 5.93. The van der Waals surface area contributed by atoms with E-state index in [9.17, 15) is 4.79 Å². The Morgan fingerprint density at radius 3 is 2.71 bits per heavy atom. The number of hydrogen-bond donors (Lipinski definition) is 0. The fourth-order valence-electron chi connectivity index (χ4n) is 3.35. The van der Waals surface area contributed by atoms with E-state index < -0.39 is 0 Å². The second-order valence-corrected chi connectivity index (χ2v) is 5.98. The summed E-state index contributed by atoms with van der Waals surface area (Å²) in [5.41, 5.74) is 1.67. The molecule has 1 aliphatic heterocycles. The van der Waals surface area contributed by atoms with Gasteiger partial charge in [-0.15, -0.1) is 0 Å². The van der Waals surface area contributed by atoms with Gasteiger partial charge in [0.1, 0.15) is 17.6 Å². The molecule has 1 unspecified atom stereocenters. The third-order valence-corrected chi connectivity index (χ3v) is 4.52. The number of rotatable bonds is 2. The van der Waals surface area contributed by atoms with Crippen LogP contribution in [0.3, 0.4) is 0 Å². The summed E-state index contributed by atoms with van der Waals surface area (Å²) in [6.45, 7) is 1.56. The first-order valence-corrected chi connectivity index (χ1v) is 8.10. The Balaban J connectivity index is 1.82. The lowest BCUT2D eigenvalue weighted by atomic mass is 10.0. The van der Waals surface area contributed by atoms with Crippen LogP contribution >= 0.6 is 0 Å². The molecule has 0 saturated carbocycles. The van der Waals surface area contributed by atoms with Gasteiger partial charge in [-0.05, 0) is 18.1 Å². The average Bonchev–Trinajstić information content (AvgIpc) is 3.20. The van der Waals surface area contributed by atoms with Crippen LogP contribution in [-0.2, 0) is 13.6 Å². The molecule has 3 aromatic rings. The average molecular weight is 321 g/mol. The molecule has 6 heteroatoms. The molecule has 0 spiro atoms. The lowest BCUT2D eigenvalue weighted by Crippen LogP contribution is -2.37. The molecule has 0 radical (unpaired) electrons. The molecule has 0 N–H and O–H groups in total. The van der Waals surface area contributed by atoms with E-state index in [0.29, 0.717) is 12.2 Å². The lowest BCUT2D eigenvalue weighted by molar-refractivity contribution is 0.0695. The molecule has 6 nitrogen and oxygen atoms in total. The summed E-state index contributed by atoms with van der Waals surface area (Å²) in [4.78, 5) is 19.7. The van der Waals surface area contributed by atoms with E-state index in [4.69, 9.17) is 0 Å². The Morgan fingerprint density at radius 1 is 1.12 bits per heavy atom. The largest absolute Gasteiger partial charge is 0.333 e.